The van der Waals surface area contributed by atoms with Gasteiger partial charge in [0.05, 0.1) is 5.69 Å². The second kappa shape index (κ2) is 6.10. The van der Waals surface area contributed by atoms with Crippen molar-refractivity contribution in [1.82, 2.24) is 5.32 Å². The smallest absolute Gasteiger partial charge is 0.146 e. The highest BCUT2D eigenvalue weighted by Crippen LogP contribution is 2.29. The Labute approximate surface area is 120 Å². The van der Waals surface area contributed by atoms with Gasteiger partial charge in [-0.3, -0.25) is 0 Å². The van der Waals surface area contributed by atoms with Crippen LogP contribution in [0.1, 0.15) is 31.2 Å². The Morgan fingerprint density at radius 3 is 2.70 bits per heavy atom. The number of halogens is 1. The van der Waals surface area contributed by atoms with Gasteiger partial charge in [0.1, 0.15) is 5.82 Å². The minimum atomic E-state index is -0.117. The van der Waals surface area contributed by atoms with Crippen LogP contribution >= 0.6 is 0 Å². The fourth-order valence-corrected chi connectivity index (χ4v) is 2.89. The van der Waals surface area contributed by atoms with Crippen LogP contribution in [0.2, 0.25) is 0 Å². The highest BCUT2D eigenvalue weighted by Gasteiger charge is 2.24. The molecule has 1 heterocycles. The first-order chi connectivity index (χ1) is 9.75. The lowest BCUT2D eigenvalue weighted by Gasteiger charge is -2.34. The Bertz CT molecular complexity index is 456. The zero-order valence-corrected chi connectivity index (χ0v) is 12.1. The molecule has 1 aliphatic carbocycles. The molecule has 2 fully saturated rings. The van der Waals surface area contributed by atoms with Crippen LogP contribution in [0.4, 0.5) is 10.1 Å². The summed E-state index contributed by atoms with van der Waals surface area (Å²) in [6, 6.07) is 6.41. The zero-order valence-electron chi connectivity index (χ0n) is 12.1. The van der Waals surface area contributed by atoms with Crippen LogP contribution in [0.25, 0.3) is 0 Å². The van der Waals surface area contributed by atoms with E-state index in [1.165, 1.54) is 12.8 Å². The first kappa shape index (κ1) is 13.8. The molecular formula is C16H23FN2O. The van der Waals surface area contributed by atoms with Crippen LogP contribution in [0, 0.1) is 5.82 Å². The van der Waals surface area contributed by atoms with E-state index in [4.69, 9.17) is 4.74 Å². The zero-order chi connectivity index (χ0) is 13.9. The fraction of sp³-hybridized carbons (Fsp3) is 0.625. The van der Waals surface area contributed by atoms with Gasteiger partial charge in [-0.15, -0.1) is 0 Å². The van der Waals surface area contributed by atoms with Gasteiger partial charge in [0.15, 0.2) is 0 Å². The number of ether oxygens (including phenoxy) is 1. The summed E-state index contributed by atoms with van der Waals surface area (Å²) in [6.07, 6.45) is 4.45. The summed E-state index contributed by atoms with van der Waals surface area (Å²) in [6.45, 7) is 2.31. The molecule has 4 heteroatoms. The minimum Gasteiger partial charge on any atom is -0.381 e. The van der Waals surface area contributed by atoms with Crippen molar-refractivity contribution in [3.05, 3.63) is 29.6 Å². The van der Waals surface area contributed by atoms with Crippen molar-refractivity contribution in [2.75, 3.05) is 25.2 Å². The average Bonchev–Trinajstić information content (AvgIpc) is 3.30. The molecule has 1 saturated carbocycles. The number of nitrogens with zero attached hydrogens (tertiary/aromatic N) is 1. The van der Waals surface area contributed by atoms with Gasteiger partial charge in [-0.25, -0.2) is 4.39 Å². The summed E-state index contributed by atoms with van der Waals surface area (Å²) in [5.41, 5.74) is 1.82. The van der Waals surface area contributed by atoms with Gasteiger partial charge < -0.3 is 15.0 Å². The Hall–Kier alpha value is -1.13. The van der Waals surface area contributed by atoms with Crippen molar-refractivity contribution >= 4 is 5.69 Å². The number of hydrogen-bond donors (Lipinski definition) is 1. The highest BCUT2D eigenvalue weighted by atomic mass is 19.1. The summed E-state index contributed by atoms with van der Waals surface area (Å²) >= 11 is 0. The average molecular weight is 278 g/mol. The molecule has 20 heavy (non-hydrogen) atoms. The first-order valence-corrected chi connectivity index (χ1v) is 7.57. The second-order valence-corrected chi connectivity index (χ2v) is 5.86. The van der Waals surface area contributed by atoms with Crippen molar-refractivity contribution in [3.63, 3.8) is 0 Å². The molecule has 0 spiro atoms. The molecule has 1 aromatic rings. The lowest BCUT2D eigenvalue weighted by Crippen LogP contribution is -2.38. The molecule has 1 aromatic carbocycles. The van der Waals surface area contributed by atoms with Crippen LogP contribution in [0.3, 0.4) is 0 Å². The van der Waals surface area contributed by atoms with Gasteiger partial charge in [-0.05, 0) is 37.3 Å². The second-order valence-electron chi connectivity index (χ2n) is 5.86. The van der Waals surface area contributed by atoms with Crippen LogP contribution in [-0.4, -0.2) is 32.3 Å². The summed E-state index contributed by atoms with van der Waals surface area (Å²) < 4.78 is 19.7. The summed E-state index contributed by atoms with van der Waals surface area (Å²) in [7, 11) is 2.01. The predicted octanol–water partition coefficient (Wildman–Crippen LogP) is 2.69. The number of hydrogen-bond acceptors (Lipinski definition) is 3. The van der Waals surface area contributed by atoms with Gasteiger partial charge in [0, 0.05) is 38.9 Å². The summed E-state index contributed by atoms with van der Waals surface area (Å²) in [5.74, 6) is -0.117. The molecule has 1 aliphatic heterocycles. The molecule has 2 aliphatic rings. The third kappa shape index (κ3) is 3.13. The highest BCUT2D eigenvalue weighted by molar-refractivity contribution is 5.55. The molecule has 110 valence electrons. The Balaban J connectivity index is 1.77. The van der Waals surface area contributed by atoms with Crippen LogP contribution in [0.15, 0.2) is 18.2 Å². The lowest BCUT2D eigenvalue weighted by molar-refractivity contribution is 0.0853. The molecule has 0 bridgehead atoms. The number of nitrogens with one attached hydrogen (secondary N) is 1. The largest absolute Gasteiger partial charge is 0.381 e. The molecule has 3 rings (SSSR count). The van der Waals surface area contributed by atoms with E-state index in [1.54, 1.807) is 12.1 Å². The standard InChI is InChI=1S/C16H23FN2O/c1-19(14-7-9-20-10-8-14)16-12(3-2-4-15(16)17)11-18-13-5-6-13/h2-4,13-14,18H,5-11H2,1H3. The monoisotopic (exact) mass is 278 g/mol. The van der Waals surface area contributed by atoms with Gasteiger partial charge in [-0.2, -0.15) is 0 Å². The maximum atomic E-state index is 14.3. The van der Waals surface area contributed by atoms with Crippen molar-refractivity contribution in [1.29, 1.82) is 0 Å². The van der Waals surface area contributed by atoms with E-state index in [-0.39, 0.29) is 5.82 Å². The summed E-state index contributed by atoms with van der Waals surface area (Å²) in [4.78, 5) is 2.11. The quantitative estimate of drug-likeness (QED) is 0.896. The van der Waals surface area contributed by atoms with E-state index in [1.807, 2.05) is 13.1 Å². The number of rotatable bonds is 5. The maximum absolute atomic E-state index is 14.3. The molecule has 1 N–H and O–H groups in total. The molecule has 0 aromatic heterocycles. The molecular weight excluding hydrogens is 255 g/mol. The van der Waals surface area contributed by atoms with E-state index in [2.05, 4.69) is 10.2 Å². The van der Waals surface area contributed by atoms with Crippen molar-refractivity contribution in [2.45, 2.75) is 44.3 Å². The Kier molecular flexibility index (Phi) is 4.22. The molecule has 0 unspecified atom stereocenters. The third-order valence-electron chi connectivity index (χ3n) is 4.32. The van der Waals surface area contributed by atoms with E-state index < -0.39 is 0 Å². The SMILES string of the molecule is CN(c1c(F)cccc1CNC1CC1)C1CCOCC1. The topological polar surface area (TPSA) is 24.5 Å². The predicted molar refractivity (Wildman–Crippen MR) is 78.5 cm³/mol. The Morgan fingerprint density at radius 1 is 1.25 bits per heavy atom. The molecule has 3 nitrogen and oxygen atoms in total. The van der Waals surface area contributed by atoms with Crippen LogP contribution < -0.4 is 10.2 Å². The van der Waals surface area contributed by atoms with E-state index >= 15 is 0 Å². The number of para-hydroxylation sites is 1. The van der Waals surface area contributed by atoms with Gasteiger partial charge in [-0.1, -0.05) is 12.1 Å². The van der Waals surface area contributed by atoms with E-state index in [0.29, 0.717) is 12.1 Å². The summed E-state index contributed by atoms with van der Waals surface area (Å²) in [5, 5.41) is 3.48. The molecule has 0 atom stereocenters. The van der Waals surface area contributed by atoms with E-state index in [0.717, 1.165) is 43.9 Å². The first-order valence-electron chi connectivity index (χ1n) is 7.57. The maximum Gasteiger partial charge on any atom is 0.146 e. The fourth-order valence-electron chi connectivity index (χ4n) is 2.89. The van der Waals surface area contributed by atoms with Crippen LogP contribution in [-0.2, 0) is 11.3 Å². The minimum absolute atomic E-state index is 0.117. The lowest BCUT2D eigenvalue weighted by atomic mass is 10.0. The van der Waals surface area contributed by atoms with Crippen LogP contribution in [0.5, 0.6) is 0 Å². The van der Waals surface area contributed by atoms with Crippen molar-refractivity contribution in [3.8, 4) is 0 Å². The van der Waals surface area contributed by atoms with Gasteiger partial charge >= 0.3 is 0 Å². The molecule has 1 saturated heterocycles. The van der Waals surface area contributed by atoms with Crippen molar-refractivity contribution < 1.29 is 9.13 Å². The third-order valence-corrected chi connectivity index (χ3v) is 4.32. The van der Waals surface area contributed by atoms with E-state index in [9.17, 15) is 4.39 Å². The molecule has 0 radical (unpaired) electrons. The Morgan fingerprint density at radius 2 is 2.00 bits per heavy atom. The van der Waals surface area contributed by atoms with Gasteiger partial charge in [0.25, 0.3) is 0 Å². The number of benzene rings is 1. The molecule has 0 amide bonds. The van der Waals surface area contributed by atoms with Crippen molar-refractivity contribution in [2.24, 2.45) is 0 Å². The normalized spacial score (nSPS) is 20.1. The van der Waals surface area contributed by atoms with Gasteiger partial charge in [0.2, 0.25) is 0 Å². The number of anilines is 1.